The molecule has 0 aliphatic heterocycles. The van der Waals surface area contributed by atoms with E-state index in [0.29, 0.717) is 6.42 Å². The molecule has 4 nitrogen and oxygen atoms in total. The molecular formula is C17H23NO3. The molecule has 1 aliphatic carbocycles. The van der Waals surface area contributed by atoms with Crippen LogP contribution in [-0.2, 0) is 16.0 Å². The lowest BCUT2D eigenvalue weighted by Gasteiger charge is -2.33. The van der Waals surface area contributed by atoms with E-state index in [1.54, 1.807) is 0 Å². The first-order valence-electron chi connectivity index (χ1n) is 7.59. The van der Waals surface area contributed by atoms with E-state index in [1.807, 2.05) is 37.3 Å². The Kier molecular flexibility index (Phi) is 4.99. The number of carbonyl (C=O) groups is 2. The summed E-state index contributed by atoms with van der Waals surface area (Å²) in [5.41, 5.74) is 0.502. The van der Waals surface area contributed by atoms with Crippen molar-refractivity contribution in [2.45, 2.75) is 51.5 Å². The quantitative estimate of drug-likeness (QED) is 0.876. The first-order chi connectivity index (χ1) is 10.0. The number of carbonyl (C=O) groups excluding carboxylic acids is 1. The Morgan fingerprint density at radius 3 is 2.38 bits per heavy atom. The number of amides is 1. The second-order valence-electron chi connectivity index (χ2n) is 6.18. The summed E-state index contributed by atoms with van der Waals surface area (Å²) in [5, 5.41) is 12.1. The largest absolute Gasteiger partial charge is 0.480 e. The van der Waals surface area contributed by atoms with Crippen LogP contribution in [0.5, 0.6) is 0 Å². The number of benzene rings is 1. The Labute approximate surface area is 125 Å². The van der Waals surface area contributed by atoms with E-state index >= 15 is 0 Å². The first-order valence-corrected chi connectivity index (χ1v) is 7.59. The van der Waals surface area contributed by atoms with Crippen LogP contribution in [-0.4, -0.2) is 23.0 Å². The summed E-state index contributed by atoms with van der Waals surface area (Å²) in [4.78, 5) is 23.9. The van der Waals surface area contributed by atoms with Crippen LogP contribution >= 0.6 is 0 Å². The molecule has 2 N–H and O–H groups in total. The maximum atomic E-state index is 12.5. The van der Waals surface area contributed by atoms with E-state index in [1.165, 1.54) is 0 Å². The van der Waals surface area contributed by atoms with Crippen molar-refractivity contribution >= 4 is 11.9 Å². The van der Waals surface area contributed by atoms with Crippen molar-refractivity contribution < 1.29 is 14.7 Å². The maximum Gasteiger partial charge on any atom is 0.326 e. The molecule has 0 bridgehead atoms. The van der Waals surface area contributed by atoms with Crippen LogP contribution in [0.2, 0.25) is 0 Å². The van der Waals surface area contributed by atoms with E-state index < -0.39 is 17.4 Å². The standard InChI is InChI=1S/C17H23NO3/c1-17(10-6-3-7-11-17)16(21)18-14(15(19)20)12-13-8-4-2-5-9-13/h2,4-5,8-9,14H,3,6-7,10-12H2,1H3,(H,18,21)(H,19,20)/t14-/m1/s1. The van der Waals surface area contributed by atoms with Gasteiger partial charge in [-0.15, -0.1) is 0 Å². The summed E-state index contributed by atoms with van der Waals surface area (Å²) in [6.07, 6.45) is 5.25. The van der Waals surface area contributed by atoms with Gasteiger partial charge in [-0.1, -0.05) is 56.5 Å². The van der Waals surface area contributed by atoms with Crippen LogP contribution in [0.4, 0.5) is 0 Å². The normalized spacial score (nSPS) is 18.7. The highest BCUT2D eigenvalue weighted by Gasteiger charge is 2.36. The first kappa shape index (κ1) is 15.5. The summed E-state index contributed by atoms with van der Waals surface area (Å²) in [6, 6.07) is 8.53. The molecular weight excluding hydrogens is 266 g/mol. The van der Waals surface area contributed by atoms with Crippen LogP contribution in [0.25, 0.3) is 0 Å². The Balaban J connectivity index is 2.02. The highest BCUT2D eigenvalue weighted by molar-refractivity contribution is 5.87. The van der Waals surface area contributed by atoms with Gasteiger partial charge in [0.25, 0.3) is 0 Å². The van der Waals surface area contributed by atoms with Crippen molar-refractivity contribution in [3.8, 4) is 0 Å². The van der Waals surface area contributed by atoms with Gasteiger partial charge in [0.05, 0.1) is 0 Å². The fraction of sp³-hybridized carbons (Fsp3) is 0.529. The molecule has 0 unspecified atom stereocenters. The number of aliphatic carboxylic acids is 1. The number of rotatable bonds is 5. The minimum Gasteiger partial charge on any atom is -0.480 e. The number of carboxylic acid groups (broad SMARTS) is 1. The summed E-state index contributed by atoms with van der Waals surface area (Å²) < 4.78 is 0. The van der Waals surface area contributed by atoms with Gasteiger partial charge in [-0.05, 0) is 18.4 Å². The summed E-state index contributed by atoms with van der Waals surface area (Å²) in [7, 11) is 0. The van der Waals surface area contributed by atoms with Gasteiger partial charge in [-0.3, -0.25) is 4.79 Å². The molecule has 21 heavy (non-hydrogen) atoms. The molecule has 0 radical (unpaired) electrons. The van der Waals surface area contributed by atoms with Crippen molar-refractivity contribution in [1.29, 1.82) is 0 Å². The van der Waals surface area contributed by atoms with Crippen LogP contribution in [0.15, 0.2) is 30.3 Å². The van der Waals surface area contributed by atoms with E-state index in [-0.39, 0.29) is 5.91 Å². The Hall–Kier alpha value is -1.84. The van der Waals surface area contributed by atoms with Gasteiger partial charge in [-0.25, -0.2) is 4.79 Å². The molecule has 2 rings (SSSR count). The minimum absolute atomic E-state index is 0.120. The SMILES string of the molecule is CC1(C(=O)N[C@H](Cc2ccccc2)C(=O)O)CCCCC1. The van der Waals surface area contributed by atoms with Gasteiger partial charge >= 0.3 is 5.97 Å². The topological polar surface area (TPSA) is 66.4 Å². The van der Waals surface area contributed by atoms with Gasteiger partial charge < -0.3 is 10.4 Å². The van der Waals surface area contributed by atoms with Crippen molar-refractivity contribution in [3.05, 3.63) is 35.9 Å². The van der Waals surface area contributed by atoms with Crippen molar-refractivity contribution in [3.63, 3.8) is 0 Å². The molecule has 0 heterocycles. The van der Waals surface area contributed by atoms with Gasteiger partial charge in [0.2, 0.25) is 5.91 Å². The highest BCUT2D eigenvalue weighted by Crippen LogP contribution is 2.35. The fourth-order valence-electron chi connectivity index (χ4n) is 2.94. The van der Waals surface area contributed by atoms with Gasteiger partial charge in [0.1, 0.15) is 6.04 Å². The number of hydrogen-bond acceptors (Lipinski definition) is 2. The molecule has 4 heteroatoms. The zero-order valence-electron chi connectivity index (χ0n) is 12.5. The van der Waals surface area contributed by atoms with Crippen molar-refractivity contribution in [2.24, 2.45) is 5.41 Å². The highest BCUT2D eigenvalue weighted by atomic mass is 16.4. The zero-order chi connectivity index (χ0) is 15.3. The Morgan fingerprint density at radius 2 is 1.81 bits per heavy atom. The Morgan fingerprint density at radius 1 is 1.19 bits per heavy atom. The van der Waals surface area contributed by atoms with Gasteiger partial charge in [-0.2, -0.15) is 0 Å². The molecule has 1 amide bonds. The van der Waals surface area contributed by atoms with Crippen LogP contribution in [0, 0.1) is 5.41 Å². The number of carboxylic acids is 1. The zero-order valence-corrected chi connectivity index (χ0v) is 12.5. The Bertz CT molecular complexity index is 492. The molecule has 0 spiro atoms. The second kappa shape index (κ2) is 6.74. The lowest BCUT2D eigenvalue weighted by Crippen LogP contribution is -2.49. The molecule has 1 saturated carbocycles. The van der Waals surface area contributed by atoms with Crippen molar-refractivity contribution in [2.75, 3.05) is 0 Å². The van der Waals surface area contributed by atoms with E-state index in [4.69, 9.17) is 0 Å². The van der Waals surface area contributed by atoms with Crippen LogP contribution in [0.3, 0.4) is 0 Å². The molecule has 0 aromatic heterocycles. The summed E-state index contributed by atoms with van der Waals surface area (Å²) in [5.74, 6) is -1.10. The van der Waals surface area contributed by atoms with E-state index in [0.717, 1.165) is 37.7 Å². The number of hydrogen-bond donors (Lipinski definition) is 2. The molecule has 1 fully saturated rings. The monoisotopic (exact) mass is 289 g/mol. The van der Waals surface area contributed by atoms with Crippen LogP contribution < -0.4 is 5.32 Å². The molecule has 114 valence electrons. The lowest BCUT2D eigenvalue weighted by atomic mass is 9.75. The average Bonchev–Trinajstić information content (AvgIpc) is 2.48. The minimum atomic E-state index is -0.980. The van der Waals surface area contributed by atoms with Gasteiger partial charge in [0.15, 0.2) is 0 Å². The molecule has 1 aliphatic rings. The van der Waals surface area contributed by atoms with Crippen LogP contribution in [0.1, 0.15) is 44.6 Å². The lowest BCUT2D eigenvalue weighted by molar-refractivity contribution is -0.144. The molecule has 1 aromatic carbocycles. The van der Waals surface area contributed by atoms with E-state index in [9.17, 15) is 14.7 Å². The molecule has 1 atom stereocenters. The molecule has 1 aromatic rings. The summed E-state index contributed by atoms with van der Waals surface area (Å²) in [6.45, 7) is 1.95. The predicted octanol–water partition coefficient (Wildman–Crippen LogP) is 2.77. The fourth-order valence-corrected chi connectivity index (χ4v) is 2.94. The maximum absolute atomic E-state index is 12.5. The van der Waals surface area contributed by atoms with Gasteiger partial charge in [0, 0.05) is 11.8 Å². The molecule has 0 saturated heterocycles. The smallest absolute Gasteiger partial charge is 0.326 e. The third kappa shape index (κ3) is 4.06. The average molecular weight is 289 g/mol. The van der Waals surface area contributed by atoms with E-state index in [2.05, 4.69) is 5.32 Å². The number of nitrogens with one attached hydrogen (secondary N) is 1. The third-order valence-corrected chi connectivity index (χ3v) is 4.39. The third-order valence-electron chi connectivity index (χ3n) is 4.39. The second-order valence-corrected chi connectivity index (χ2v) is 6.18. The summed E-state index contributed by atoms with van der Waals surface area (Å²) >= 11 is 0. The predicted molar refractivity (Wildman–Crippen MR) is 80.9 cm³/mol. The van der Waals surface area contributed by atoms with Crippen molar-refractivity contribution in [1.82, 2.24) is 5.32 Å².